The van der Waals surface area contributed by atoms with E-state index in [9.17, 15) is 0 Å². The van der Waals surface area contributed by atoms with Gasteiger partial charge in [-0.25, -0.2) is 4.98 Å². The van der Waals surface area contributed by atoms with E-state index in [-0.39, 0.29) is 0 Å². The van der Waals surface area contributed by atoms with Crippen LogP contribution in [0.15, 0.2) is 60.7 Å². The highest BCUT2D eigenvalue weighted by Crippen LogP contribution is 2.17. The molecule has 20 heavy (non-hydrogen) atoms. The number of nitrogens with zero attached hydrogens (tertiary/aromatic N) is 1. The second-order valence-corrected chi connectivity index (χ2v) is 4.56. The molecule has 0 unspecified atom stereocenters. The van der Waals surface area contributed by atoms with Crippen LogP contribution in [-0.4, -0.2) is 12.0 Å². The van der Waals surface area contributed by atoms with Crippen molar-refractivity contribution >= 4 is 16.6 Å². The Morgan fingerprint density at radius 2 is 1.75 bits per heavy atom. The molecule has 0 fully saturated rings. The van der Waals surface area contributed by atoms with Crippen LogP contribution >= 0.6 is 0 Å². The first kappa shape index (κ1) is 12.5. The first-order valence-electron chi connectivity index (χ1n) is 6.60. The van der Waals surface area contributed by atoms with Gasteiger partial charge in [-0.05, 0) is 36.4 Å². The lowest BCUT2D eigenvalue weighted by Gasteiger charge is -2.07. The second-order valence-electron chi connectivity index (χ2n) is 4.56. The highest BCUT2D eigenvalue weighted by atomic mass is 16.5. The van der Waals surface area contributed by atoms with Gasteiger partial charge in [-0.3, -0.25) is 0 Å². The van der Waals surface area contributed by atoms with Crippen LogP contribution in [0.4, 0.5) is 5.69 Å². The highest BCUT2D eigenvalue weighted by molar-refractivity contribution is 5.78. The standard InChI is InChI=1S/C17H16N2O/c1-18-14-8-10-16(11-9-14)20-12-15-7-6-13-4-2-3-5-17(13)19-15/h2-11,18H,12H2,1H3. The largest absolute Gasteiger partial charge is 0.487 e. The summed E-state index contributed by atoms with van der Waals surface area (Å²) in [6.45, 7) is 0.476. The molecule has 1 aromatic heterocycles. The molecule has 3 rings (SSSR count). The first-order chi connectivity index (χ1) is 9.85. The summed E-state index contributed by atoms with van der Waals surface area (Å²) in [5.41, 5.74) is 3.00. The van der Waals surface area contributed by atoms with Crippen LogP contribution in [0.3, 0.4) is 0 Å². The van der Waals surface area contributed by atoms with Crippen molar-refractivity contribution in [1.29, 1.82) is 0 Å². The summed E-state index contributed by atoms with van der Waals surface area (Å²) in [6.07, 6.45) is 0. The summed E-state index contributed by atoms with van der Waals surface area (Å²) in [4.78, 5) is 4.59. The molecule has 0 atom stereocenters. The van der Waals surface area contributed by atoms with Crippen molar-refractivity contribution in [1.82, 2.24) is 4.98 Å². The summed E-state index contributed by atoms with van der Waals surface area (Å²) in [5.74, 6) is 0.846. The van der Waals surface area contributed by atoms with Gasteiger partial charge in [0, 0.05) is 18.1 Å². The number of aromatic nitrogens is 1. The number of anilines is 1. The molecule has 3 nitrogen and oxygen atoms in total. The number of fused-ring (bicyclic) bond motifs is 1. The van der Waals surface area contributed by atoms with Gasteiger partial charge in [0.2, 0.25) is 0 Å². The maximum atomic E-state index is 5.75. The normalized spacial score (nSPS) is 10.4. The maximum Gasteiger partial charge on any atom is 0.130 e. The van der Waals surface area contributed by atoms with Gasteiger partial charge in [-0.15, -0.1) is 0 Å². The van der Waals surface area contributed by atoms with Crippen molar-refractivity contribution in [3.05, 3.63) is 66.4 Å². The molecule has 100 valence electrons. The molecule has 0 saturated heterocycles. The van der Waals surface area contributed by atoms with Crippen LogP contribution < -0.4 is 10.1 Å². The number of para-hydroxylation sites is 1. The van der Waals surface area contributed by atoms with Gasteiger partial charge in [0.15, 0.2) is 0 Å². The van der Waals surface area contributed by atoms with Gasteiger partial charge in [0.1, 0.15) is 12.4 Å². The first-order valence-corrected chi connectivity index (χ1v) is 6.60. The SMILES string of the molecule is CNc1ccc(OCc2ccc3ccccc3n2)cc1. The van der Waals surface area contributed by atoms with Gasteiger partial charge < -0.3 is 10.1 Å². The maximum absolute atomic E-state index is 5.75. The average molecular weight is 264 g/mol. The molecule has 3 aromatic rings. The minimum absolute atomic E-state index is 0.476. The van der Waals surface area contributed by atoms with Crippen molar-refractivity contribution in [3.63, 3.8) is 0 Å². The number of hydrogen-bond acceptors (Lipinski definition) is 3. The highest BCUT2D eigenvalue weighted by Gasteiger charge is 2.00. The Kier molecular flexibility index (Phi) is 3.50. The number of ether oxygens (including phenoxy) is 1. The zero-order valence-electron chi connectivity index (χ0n) is 11.3. The number of nitrogens with one attached hydrogen (secondary N) is 1. The molecular formula is C17H16N2O. The minimum atomic E-state index is 0.476. The molecule has 0 saturated carbocycles. The molecule has 0 aliphatic heterocycles. The summed E-state index contributed by atoms with van der Waals surface area (Å²) >= 11 is 0. The molecule has 1 heterocycles. The fraction of sp³-hybridized carbons (Fsp3) is 0.118. The Bertz CT molecular complexity index is 708. The third-order valence-electron chi connectivity index (χ3n) is 3.19. The summed E-state index contributed by atoms with van der Waals surface area (Å²) in [7, 11) is 1.90. The van der Waals surface area contributed by atoms with Gasteiger partial charge in [0.05, 0.1) is 11.2 Å². The molecule has 1 N–H and O–H groups in total. The van der Waals surface area contributed by atoms with Crippen LogP contribution in [0.25, 0.3) is 10.9 Å². The Morgan fingerprint density at radius 1 is 0.950 bits per heavy atom. The number of pyridine rings is 1. The molecule has 0 aliphatic carbocycles. The smallest absolute Gasteiger partial charge is 0.130 e. The molecule has 3 heteroatoms. The van der Waals surface area contributed by atoms with E-state index in [0.29, 0.717) is 6.61 Å². The van der Waals surface area contributed by atoms with E-state index >= 15 is 0 Å². The number of rotatable bonds is 4. The van der Waals surface area contributed by atoms with Crippen LogP contribution in [-0.2, 0) is 6.61 Å². The van der Waals surface area contributed by atoms with E-state index in [0.717, 1.165) is 28.0 Å². The average Bonchev–Trinajstić information content (AvgIpc) is 2.53. The summed E-state index contributed by atoms with van der Waals surface area (Å²) in [6, 6.07) is 20.0. The monoisotopic (exact) mass is 264 g/mol. The summed E-state index contributed by atoms with van der Waals surface area (Å²) in [5, 5.41) is 4.23. The molecule has 0 spiro atoms. The number of hydrogen-bond donors (Lipinski definition) is 1. The second kappa shape index (κ2) is 5.61. The van der Waals surface area contributed by atoms with E-state index in [1.54, 1.807) is 0 Å². The topological polar surface area (TPSA) is 34.1 Å². The lowest BCUT2D eigenvalue weighted by atomic mass is 10.2. The molecule has 0 radical (unpaired) electrons. The predicted octanol–water partition coefficient (Wildman–Crippen LogP) is 3.86. The van der Waals surface area contributed by atoms with Crippen LogP contribution in [0.5, 0.6) is 5.75 Å². The Hall–Kier alpha value is -2.55. The van der Waals surface area contributed by atoms with Gasteiger partial charge in [0.25, 0.3) is 0 Å². The zero-order chi connectivity index (χ0) is 13.8. The third kappa shape index (κ3) is 2.72. The fourth-order valence-corrected chi connectivity index (χ4v) is 2.06. The van der Waals surface area contributed by atoms with E-state index in [2.05, 4.69) is 22.4 Å². The predicted molar refractivity (Wildman–Crippen MR) is 82.1 cm³/mol. The minimum Gasteiger partial charge on any atom is -0.487 e. The Balaban J connectivity index is 1.72. The van der Waals surface area contributed by atoms with E-state index in [1.165, 1.54) is 0 Å². The Morgan fingerprint density at radius 3 is 2.55 bits per heavy atom. The summed E-state index contributed by atoms with van der Waals surface area (Å²) < 4.78 is 5.75. The van der Waals surface area contributed by atoms with Gasteiger partial charge >= 0.3 is 0 Å². The number of benzene rings is 2. The van der Waals surface area contributed by atoms with Crippen LogP contribution in [0.2, 0.25) is 0 Å². The van der Waals surface area contributed by atoms with Crippen molar-refractivity contribution in [2.24, 2.45) is 0 Å². The third-order valence-corrected chi connectivity index (χ3v) is 3.19. The van der Waals surface area contributed by atoms with Crippen LogP contribution in [0, 0.1) is 0 Å². The lowest BCUT2D eigenvalue weighted by Crippen LogP contribution is -1.98. The van der Waals surface area contributed by atoms with Crippen molar-refractivity contribution < 1.29 is 4.74 Å². The zero-order valence-corrected chi connectivity index (χ0v) is 11.3. The van der Waals surface area contributed by atoms with Crippen LogP contribution in [0.1, 0.15) is 5.69 Å². The lowest BCUT2D eigenvalue weighted by molar-refractivity contribution is 0.302. The van der Waals surface area contributed by atoms with E-state index < -0.39 is 0 Å². The van der Waals surface area contributed by atoms with Crippen molar-refractivity contribution in [2.75, 3.05) is 12.4 Å². The molecule has 2 aromatic carbocycles. The Labute approximate surface area is 118 Å². The molecular weight excluding hydrogens is 248 g/mol. The molecule has 0 aliphatic rings. The fourth-order valence-electron chi connectivity index (χ4n) is 2.06. The quantitative estimate of drug-likeness (QED) is 0.777. The van der Waals surface area contributed by atoms with E-state index in [1.807, 2.05) is 55.6 Å². The van der Waals surface area contributed by atoms with Gasteiger partial charge in [-0.2, -0.15) is 0 Å². The van der Waals surface area contributed by atoms with Crippen molar-refractivity contribution in [2.45, 2.75) is 6.61 Å². The van der Waals surface area contributed by atoms with Gasteiger partial charge in [-0.1, -0.05) is 24.3 Å². The van der Waals surface area contributed by atoms with Crippen molar-refractivity contribution in [3.8, 4) is 5.75 Å². The van der Waals surface area contributed by atoms with E-state index in [4.69, 9.17) is 4.74 Å². The molecule has 0 amide bonds. The molecule has 0 bridgehead atoms.